The molecular formula is C15H20NO5S-. The van der Waals surface area contributed by atoms with Gasteiger partial charge in [-0.25, -0.2) is 0 Å². The average molecular weight is 326 g/mol. The summed E-state index contributed by atoms with van der Waals surface area (Å²) in [6, 6.07) is 7.34. The molecule has 122 valence electrons. The summed E-state index contributed by atoms with van der Waals surface area (Å²) in [5.41, 5.74) is 0.400. The maximum absolute atomic E-state index is 11.9. The summed E-state index contributed by atoms with van der Waals surface area (Å²) < 4.78 is 4.80. The fourth-order valence-electron chi connectivity index (χ4n) is 1.74. The molecule has 7 heteroatoms. The van der Waals surface area contributed by atoms with E-state index in [1.54, 1.807) is 30.3 Å². The molecule has 0 fully saturated rings. The van der Waals surface area contributed by atoms with Crippen LogP contribution in [-0.4, -0.2) is 54.4 Å². The van der Waals surface area contributed by atoms with Gasteiger partial charge in [-0.2, -0.15) is 11.8 Å². The number of carbonyl (C=O) groups is 2. The number of aliphatic hydroxyl groups excluding tert-OH is 1. The normalized spacial score (nSPS) is 13.4. The quantitative estimate of drug-likeness (QED) is 0.571. The van der Waals surface area contributed by atoms with E-state index in [1.165, 1.54) is 18.9 Å². The van der Waals surface area contributed by atoms with Crippen LogP contribution in [0.4, 0.5) is 0 Å². The molecule has 1 aromatic carbocycles. The SMILES string of the molecule is COCC(O)CSCCC(NC(=O)c1ccccc1)C(=O)[O-]. The van der Waals surface area contributed by atoms with Crippen LogP contribution in [-0.2, 0) is 9.53 Å². The van der Waals surface area contributed by atoms with Crippen LogP contribution in [0.3, 0.4) is 0 Å². The molecule has 0 aliphatic rings. The molecule has 0 saturated heterocycles. The van der Waals surface area contributed by atoms with Gasteiger partial charge in [-0.1, -0.05) is 18.2 Å². The highest BCUT2D eigenvalue weighted by Crippen LogP contribution is 2.08. The summed E-state index contributed by atoms with van der Waals surface area (Å²) in [5.74, 6) is -0.837. The summed E-state index contributed by atoms with van der Waals surface area (Å²) >= 11 is 1.40. The second-order valence-corrected chi connectivity index (χ2v) is 5.83. The van der Waals surface area contributed by atoms with Crippen LogP contribution in [0.15, 0.2) is 30.3 Å². The highest BCUT2D eigenvalue weighted by molar-refractivity contribution is 7.99. The molecule has 1 rings (SSSR count). The number of hydrogen-bond acceptors (Lipinski definition) is 6. The van der Waals surface area contributed by atoms with Gasteiger partial charge >= 0.3 is 0 Å². The van der Waals surface area contributed by atoms with Crippen molar-refractivity contribution in [3.63, 3.8) is 0 Å². The van der Waals surface area contributed by atoms with Crippen molar-refractivity contribution in [2.24, 2.45) is 0 Å². The molecule has 2 atom stereocenters. The Morgan fingerprint density at radius 3 is 2.64 bits per heavy atom. The van der Waals surface area contributed by atoms with E-state index >= 15 is 0 Å². The zero-order chi connectivity index (χ0) is 16.4. The van der Waals surface area contributed by atoms with E-state index in [0.29, 0.717) is 17.1 Å². The number of aliphatic hydroxyl groups is 1. The first kappa shape index (κ1) is 18.5. The van der Waals surface area contributed by atoms with Gasteiger partial charge in [-0.15, -0.1) is 0 Å². The summed E-state index contributed by atoms with van der Waals surface area (Å²) in [7, 11) is 1.50. The van der Waals surface area contributed by atoms with Gasteiger partial charge in [0, 0.05) is 18.4 Å². The second kappa shape index (κ2) is 10.2. The zero-order valence-electron chi connectivity index (χ0n) is 12.4. The van der Waals surface area contributed by atoms with Crippen molar-refractivity contribution in [1.82, 2.24) is 5.32 Å². The van der Waals surface area contributed by atoms with E-state index in [0.717, 1.165) is 0 Å². The summed E-state index contributed by atoms with van der Waals surface area (Å²) in [6.07, 6.45) is -0.360. The third-order valence-electron chi connectivity index (χ3n) is 2.85. The number of ether oxygens (including phenoxy) is 1. The van der Waals surface area contributed by atoms with Crippen LogP contribution in [0.2, 0.25) is 0 Å². The summed E-state index contributed by atoms with van der Waals surface area (Å²) in [6.45, 7) is 0.238. The first-order chi connectivity index (χ1) is 10.5. The van der Waals surface area contributed by atoms with Crippen LogP contribution < -0.4 is 10.4 Å². The Balaban J connectivity index is 2.39. The minimum Gasteiger partial charge on any atom is -0.548 e. The zero-order valence-corrected chi connectivity index (χ0v) is 13.2. The van der Waals surface area contributed by atoms with Crippen molar-refractivity contribution in [2.45, 2.75) is 18.6 Å². The predicted octanol–water partition coefficient (Wildman–Crippen LogP) is -0.334. The minimum absolute atomic E-state index is 0.227. The number of thioether (sulfide) groups is 1. The van der Waals surface area contributed by atoms with E-state index in [4.69, 9.17) is 4.74 Å². The van der Waals surface area contributed by atoms with Crippen LogP contribution >= 0.6 is 11.8 Å². The molecule has 1 aromatic rings. The number of benzene rings is 1. The number of rotatable bonds is 10. The van der Waals surface area contributed by atoms with Crippen LogP contribution in [0.5, 0.6) is 0 Å². The first-order valence-electron chi connectivity index (χ1n) is 6.86. The highest BCUT2D eigenvalue weighted by atomic mass is 32.2. The molecule has 1 amide bonds. The van der Waals surface area contributed by atoms with Gasteiger partial charge in [0.25, 0.3) is 5.91 Å². The lowest BCUT2D eigenvalue weighted by Crippen LogP contribution is -2.48. The number of carboxylic acid groups (broad SMARTS) is 1. The average Bonchev–Trinajstić information content (AvgIpc) is 2.51. The minimum atomic E-state index is -1.32. The Morgan fingerprint density at radius 1 is 1.36 bits per heavy atom. The highest BCUT2D eigenvalue weighted by Gasteiger charge is 2.15. The molecule has 6 nitrogen and oxygen atoms in total. The van der Waals surface area contributed by atoms with Crippen LogP contribution in [0.25, 0.3) is 0 Å². The number of nitrogens with one attached hydrogen (secondary N) is 1. The lowest BCUT2D eigenvalue weighted by molar-refractivity contribution is -0.308. The van der Waals surface area contributed by atoms with Crippen LogP contribution in [0.1, 0.15) is 16.8 Å². The topological polar surface area (TPSA) is 98.7 Å². The molecule has 0 heterocycles. The van der Waals surface area contributed by atoms with Crippen molar-refractivity contribution in [3.05, 3.63) is 35.9 Å². The van der Waals surface area contributed by atoms with Crippen molar-refractivity contribution >= 4 is 23.6 Å². The van der Waals surface area contributed by atoms with Gasteiger partial charge in [0.2, 0.25) is 0 Å². The van der Waals surface area contributed by atoms with Gasteiger partial charge in [0.1, 0.15) is 0 Å². The standard InChI is InChI=1S/C15H21NO5S/c1-21-9-12(17)10-22-8-7-13(15(19)20)16-14(18)11-5-3-2-4-6-11/h2-6,12-13,17H,7-10H2,1H3,(H,16,18)(H,19,20)/p-1. The number of carboxylic acids is 1. The largest absolute Gasteiger partial charge is 0.548 e. The Hall–Kier alpha value is -1.57. The molecule has 0 saturated carbocycles. The Labute approximate surface area is 133 Å². The van der Waals surface area contributed by atoms with Crippen molar-refractivity contribution in [2.75, 3.05) is 25.2 Å². The van der Waals surface area contributed by atoms with E-state index in [1.807, 2.05) is 0 Å². The van der Waals surface area contributed by atoms with Gasteiger partial charge in [-0.05, 0) is 24.3 Å². The van der Waals surface area contributed by atoms with Crippen molar-refractivity contribution in [3.8, 4) is 0 Å². The van der Waals surface area contributed by atoms with Gasteiger partial charge in [-0.3, -0.25) is 4.79 Å². The summed E-state index contributed by atoms with van der Waals surface area (Å²) in [4.78, 5) is 23.0. The monoisotopic (exact) mass is 326 g/mol. The molecule has 22 heavy (non-hydrogen) atoms. The van der Waals surface area contributed by atoms with Crippen molar-refractivity contribution < 1.29 is 24.5 Å². The molecular weight excluding hydrogens is 306 g/mol. The Bertz CT molecular complexity index is 468. The third-order valence-corrected chi connectivity index (χ3v) is 3.99. The van der Waals surface area contributed by atoms with Crippen LogP contribution in [0, 0.1) is 0 Å². The smallest absolute Gasteiger partial charge is 0.251 e. The van der Waals surface area contributed by atoms with Gasteiger partial charge in [0.15, 0.2) is 0 Å². The lowest BCUT2D eigenvalue weighted by atomic mass is 10.1. The van der Waals surface area contributed by atoms with E-state index < -0.39 is 24.0 Å². The van der Waals surface area contributed by atoms with Gasteiger partial charge < -0.3 is 25.1 Å². The Kier molecular flexibility index (Phi) is 8.57. The maximum Gasteiger partial charge on any atom is 0.251 e. The molecule has 0 aliphatic heterocycles. The lowest BCUT2D eigenvalue weighted by Gasteiger charge is -2.20. The van der Waals surface area contributed by atoms with E-state index in [2.05, 4.69) is 5.32 Å². The molecule has 0 spiro atoms. The molecule has 0 aromatic heterocycles. The molecule has 0 aliphatic carbocycles. The molecule has 0 radical (unpaired) electrons. The molecule has 0 bridgehead atoms. The number of aliphatic carboxylic acids is 1. The number of methoxy groups -OCH3 is 1. The van der Waals surface area contributed by atoms with E-state index in [9.17, 15) is 19.8 Å². The summed E-state index contributed by atoms with van der Waals surface area (Å²) in [5, 5.41) is 23.0. The van der Waals surface area contributed by atoms with Gasteiger partial charge in [0.05, 0.1) is 24.7 Å². The molecule has 2 unspecified atom stereocenters. The van der Waals surface area contributed by atoms with E-state index in [-0.39, 0.29) is 13.0 Å². The third kappa shape index (κ3) is 6.93. The fourth-order valence-corrected chi connectivity index (χ4v) is 2.68. The number of hydrogen-bond donors (Lipinski definition) is 2. The second-order valence-electron chi connectivity index (χ2n) is 4.68. The predicted molar refractivity (Wildman–Crippen MR) is 82.5 cm³/mol. The fraction of sp³-hybridized carbons (Fsp3) is 0.467. The number of carbonyl (C=O) groups excluding carboxylic acids is 2. The maximum atomic E-state index is 11.9. The number of amides is 1. The molecule has 2 N–H and O–H groups in total. The Morgan fingerprint density at radius 2 is 2.05 bits per heavy atom. The van der Waals surface area contributed by atoms with Crippen molar-refractivity contribution in [1.29, 1.82) is 0 Å². The first-order valence-corrected chi connectivity index (χ1v) is 8.01.